The summed E-state index contributed by atoms with van der Waals surface area (Å²) < 4.78 is 4.83. The van der Waals surface area contributed by atoms with Gasteiger partial charge in [-0.1, -0.05) is 5.16 Å². The van der Waals surface area contributed by atoms with Gasteiger partial charge in [0.05, 0.1) is 16.8 Å². The number of anilines is 1. The first kappa shape index (κ1) is 8.49. The van der Waals surface area contributed by atoms with Crippen LogP contribution < -0.4 is 5.73 Å². The van der Waals surface area contributed by atoms with Crippen LogP contribution in [0.15, 0.2) is 10.7 Å². The van der Waals surface area contributed by atoms with E-state index < -0.39 is 5.97 Å². The first-order valence-electron chi connectivity index (χ1n) is 3.85. The van der Waals surface area contributed by atoms with Crippen molar-refractivity contribution in [3.05, 3.63) is 17.5 Å². The van der Waals surface area contributed by atoms with Crippen LogP contribution in [0.25, 0.3) is 11.1 Å². The fraction of sp³-hybridized carbons (Fsp3) is 0.125. The summed E-state index contributed by atoms with van der Waals surface area (Å²) >= 11 is 0. The van der Waals surface area contributed by atoms with Crippen LogP contribution in [0.3, 0.4) is 0 Å². The van der Waals surface area contributed by atoms with Gasteiger partial charge in [-0.25, -0.2) is 9.78 Å². The predicted octanol–water partition coefficient (Wildman–Crippen LogP) is 0.812. The zero-order valence-corrected chi connectivity index (χ0v) is 7.31. The van der Waals surface area contributed by atoms with E-state index in [1.54, 1.807) is 6.92 Å². The fourth-order valence-corrected chi connectivity index (χ4v) is 1.25. The first-order valence-corrected chi connectivity index (χ1v) is 3.85. The predicted molar refractivity (Wildman–Crippen MR) is 47.9 cm³/mol. The van der Waals surface area contributed by atoms with E-state index in [0.29, 0.717) is 11.1 Å². The Bertz CT molecular complexity index is 518. The van der Waals surface area contributed by atoms with Crippen LogP contribution in [0.4, 0.5) is 5.69 Å². The Morgan fingerprint density at radius 3 is 3.00 bits per heavy atom. The van der Waals surface area contributed by atoms with Gasteiger partial charge in [0.25, 0.3) is 5.71 Å². The zero-order valence-electron chi connectivity index (χ0n) is 7.31. The van der Waals surface area contributed by atoms with Gasteiger partial charge in [-0.2, -0.15) is 0 Å². The summed E-state index contributed by atoms with van der Waals surface area (Å²) in [5.41, 5.74) is 6.54. The molecule has 0 bridgehead atoms. The van der Waals surface area contributed by atoms with E-state index in [9.17, 15) is 4.79 Å². The molecule has 2 rings (SSSR count). The number of rotatable bonds is 1. The molecule has 0 saturated heterocycles. The molecule has 0 fully saturated rings. The highest BCUT2D eigenvalue weighted by atomic mass is 16.5. The zero-order chi connectivity index (χ0) is 10.3. The topological polar surface area (TPSA) is 102 Å². The highest BCUT2D eigenvalue weighted by Crippen LogP contribution is 2.25. The number of nitrogens with zero attached hydrogens (tertiary/aromatic N) is 2. The van der Waals surface area contributed by atoms with Crippen LogP contribution in [0.1, 0.15) is 16.1 Å². The molecular weight excluding hydrogens is 186 g/mol. The molecule has 0 spiro atoms. The molecule has 0 amide bonds. The van der Waals surface area contributed by atoms with Crippen molar-refractivity contribution in [1.82, 2.24) is 10.1 Å². The van der Waals surface area contributed by atoms with E-state index >= 15 is 0 Å². The maximum Gasteiger partial charge on any atom is 0.339 e. The van der Waals surface area contributed by atoms with E-state index in [0.717, 1.165) is 6.20 Å². The van der Waals surface area contributed by atoms with Crippen LogP contribution in [0, 0.1) is 6.92 Å². The molecule has 2 aromatic rings. The molecule has 0 aliphatic rings. The standard InChI is InChI=1S/C8H7N3O3/c1-3-5-6(9)4(8(12)13)2-10-7(5)14-11-3/h2H,1H3,(H2,9,10)(H,12,13). The summed E-state index contributed by atoms with van der Waals surface area (Å²) in [5, 5.41) is 12.9. The lowest BCUT2D eigenvalue weighted by atomic mass is 10.1. The summed E-state index contributed by atoms with van der Waals surface area (Å²) in [7, 11) is 0. The molecule has 0 aliphatic carbocycles. The third-order valence-electron chi connectivity index (χ3n) is 1.95. The Balaban J connectivity index is 2.86. The minimum absolute atomic E-state index is 0.0381. The molecule has 0 saturated carbocycles. The largest absolute Gasteiger partial charge is 0.478 e. The van der Waals surface area contributed by atoms with E-state index in [4.69, 9.17) is 15.4 Å². The molecule has 0 aliphatic heterocycles. The monoisotopic (exact) mass is 193 g/mol. The number of pyridine rings is 1. The van der Waals surface area contributed by atoms with Gasteiger partial charge in [0.2, 0.25) is 0 Å². The molecule has 2 heterocycles. The minimum Gasteiger partial charge on any atom is -0.478 e. The van der Waals surface area contributed by atoms with Crippen molar-refractivity contribution >= 4 is 22.8 Å². The van der Waals surface area contributed by atoms with E-state index in [-0.39, 0.29) is 17.0 Å². The number of carboxylic acids is 1. The van der Waals surface area contributed by atoms with Gasteiger partial charge in [-0.05, 0) is 6.92 Å². The molecule has 2 aromatic heterocycles. The molecule has 0 radical (unpaired) electrons. The maximum atomic E-state index is 10.7. The van der Waals surface area contributed by atoms with Gasteiger partial charge in [-0.15, -0.1) is 0 Å². The summed E-state index contributed by atoms with van der Waals surface area (Å²) in [6, 6.07) is 0. The number of carboxylic acid groups (broad SMARTS) is 1. The van der Waals surface area contributed by atoms with Crippen molar-refractivity contribution in [2.45, 2.75) is 6.92 Å². The minimum atomic E-state index is -1.11. The van der Waals surface area contributed by atoms with E-state index in [1.165, 1.54) is 0 Å². The number of hydrogen-bond donors (Lipinski definition) is 2. The number of fused-ring (bicyclic) bond motifs is 1. The van der Waals surface area contributed by atoms with Crippen molar-refractivity contribution in [3.8, 4) is 0 Å². The third kappa shape index (κ3) is 1.00. The number of hydrogen-bond acceptors (Lipinski definition) is 5. The molecule has 0 atom stereocenters. The quantitative estimate of drug-likeness (QED) is 0.694. The number of nitrogens with two attached hydrogens (primary N) is 1. The summed E-state index contributed by atoms with van der Waals surface area (Å²) in [4.78, 5) is 14.5. The van der Waals surface area contributed by atoms with Gasteiger partial charge < -0.3 is 15.4 Å². The van der Waals surface area contributed by atoms with Gasteiger partial charge in [0.15, 0.2) is 0 Å². The smallest absolute Gasteiger partial charge is 0.339 e. The van der Waals surface area contributed by atoms with Crippen LogP contribution in [-0.4, -0.2) is 21.2 Å². The lowest BCUT2D eigenvalue weighted by Crippen LogP contribution is -2.03. The Hall–Kier alpha value is -2.11. The second-order valence-corrected chi connectivity index (χ2v) is 2.84. The lowest BCUT2D eigenvalue weighted by molar-refractivity contribution is 0.0698. The second-order valence-electron chi connectivity index (χ2n) is 2.84. The molecule has 72 valence electrons. The average Bonchev–Trinajstić information content (AvgIpc) is 2.48. The van der Waals surface area contributed by atoms with Crippen LogP contribution >= 0.6 is 0 Å². The third-order valence-corrected chi connectivity index (χ3v) is 1.95. The van der Waals surface area contributed by atoms with Gasteiger partial charge in [0, 0.05) is 6.20 Å². The molecule has 0 unspecified atom stereocenters. The number of aryl methyl sites for hydroxylation is 1. The van der Waals surface area contributed by atoms with Crippen LogP contribution in [0.5, 0.6) is 0 Å². The summed E-state index contributed by atoms with van der Waals surface area (Å²) in [5.74, 6) is -1.11. The van der Waals surface area contributed by atoms with Crippen molar-refractivity contribution in [3.63, 3.8) is 0 Å². The van der Waals surface area contributed by atoms with Crippen LogP contribution in [0.2, 0.25) is 0 Å². The number of nitrogen functional groups attached to an aromatic ring is 1. The molecule has 0 aromatic carbocycles. The highest BCUT2D eigenvalue weighted by Gasteiger charge is 2.16. The summed E-state index contributed by atoms with van der Waals surface area (Å²) in [6.07, 6.45) is 1.16. The molecule has 3 N–H and O–H groups in total. The van der Waals surface area contributed by atoms with Crippen molar-refractivity contribution in [2.75, 3.05) is 5.73 Å². The Kier molecular flexibility index (Phi) is 1.63. The highest BCUT2D eigenvalue weighted by molar-refractivity contribution is 6.02. The molecule has 6 nitrogen and oxygen atoms in total. The van der Waals surface area contributed by atoms with Crippen molar-refractivity contribution in [1.29, 1.82) is 0 Å². The first-order chi connectivity index (χ1) is 6.61. The molecular formula is C8H7N3O3. The number of carbonyl (C=O) groups is 1. The van der Waals surface area contributed by atoms with Gasteiger partial charge >= 0.3 is 5.97 Å². The van der Waals surface area contributed by atoms with E-state index in [2.05, 4.69) is 10.1 Å². The average molecular weight is 193 g/mol. The maximum absolute atomic E-state index is 10.7. The number of aromatic nitrogens is 2. The van der Waals surface area contributed by atoms with Crippen LogP contribution in [-0.2, 0) is 0 Å². The Morgan fingerprint density at radius 1 is 1.64 bits per heavy atom. The normalized spacial score (nSPS) is 10.6. The van der Waals surface area contributed by atoms with Gasteiger partial charge in [-0.3, -0.25) is 0 Å². The van der Waals surface area contributed by atoms with E-state index in [1.807, 2.05) is 0 Å². The van der Waals surface area contributed by atoms with Crippen molar-refractivity contribution in [2.24, 2.45) is 0 Å². The van der Waals surface area contributed by atoms with Crippen molar-refractivity contribution < 1.29 is 14.4 Å². The summed E-state index contributed by atoms with van der Waals surface area (Å²) in [6.45, 7) is 1.68. The second kappa shape index (κ2) is 2.69. The fourth-order valence-electron chi connectivity index (χ4n) is 1.25. The molecule has 14 heavy (non-hydrogen) atoms. The Labute approximate surface area is 78.3 Å². The molecule has 6 heteroatoms. The SMILES string of the molecule is Cc1noc2ncc(C(=O)O)c(N)c12. The Morgan fingerprint density at radius 2 is 2.36 bits per heavy atom. The lowest BCUT2D eigenvalue weighted by Gasteiger charge is -1.99. The van der Waals surface area contributed by atoms with Gasteiger partial charge in [0.1, 0.15) is 5.56 Å². The number of aromatic carboxylic acids is 1.